The molecule has 0 bridgehead atoms. The van der Waals surface area contributed by atoms with E-state index in [2.05, 4.69) is 27.1 Å². The lowest BCUT2D eigenvalue weighted by atomic mass is 9.99. The molecule has 0 aromatic carbocycles. The van der Waals surface area contributed by atoms with E-state index in [-0.39, 0.29) is 17.0 Å². The molecular formula is C20H25N5O2S. The number of fused-ring (bicyclic) bond motifs is 1. The standard InChI is InChI=1S/C20H25N5O2S/c1-13-5-7-24(8-6-13)11-15-3-4-17(19(27)22-15)18(26)21-9-16-12-25-10-14(2)28-20(25)23-16/h3-4,10,12-13H,5-9,11H2,1-2H3,(H,21,26)(H,22,27). The number of nitrogens with one attached hydrogen (secondary N) is 2. The number of hydrogen-bond donors (Lipinski definition) is 2. The van der Waals surface area contributed by atoms with Gasteiger partial charge in [-0.3, -0.25) is 18.9 Å². The molecule has 3 aromatic heterocycles. The van der Waals surface area contributed by atoms with Gasteiger partial charge in [0.25, 0.3) is 11.5 Å². The van der Waals surface area contributed by atoms with Crippen LogP contribution in [0.4, 0.5) is 0 Å². The average molecular weight is 400 g/mol. The first-order valence-electron chi connectivity index (χ1n) is 9.64. The number of carbonyl (C=O) groups is 1. The zero-order valence-corrected chi connectivity index (χ0v) is 17.0. The topological polar surface area (TPSA) is 82.5 Å². The zero-order chi connectivity index (χ0) is 19.7. The summed E-state index contributed by atoms with van der Waals surface area (Å²) < 4.78 is 1.95. The molecule has 4 rings (SSSR count). The molecule has 148 valence electrons. The van der Waals surface area contributed by atoms with Crippen molar-refractivity contribution in [2.75, 3.05) is 13.1 Å². The Morgan fingerprint density at radius 1 is 1.32 bits per heavy atom. The lowest BCUT2D eigenvalue weighted by Gasteiger charge is -2.29. The second-order valence-corrected chi connectivity index (χ2v) is 8.84. The van der Waals surface area contributed by atoms with Gasteiger partial charge in [-0.15, -0.1) is 11.3 Å². The molecule has 3 aromatic rings. The van der Waals surface area contributed by atoms with E-state index in [1.807, 2.05) is 29.8 Å². The van der Waals surface area contributed by atoms with Gasteiger partial charge in [-0.05, 0) is 50.9 Å². The molecule has 7 nitrogen and oxygen atoms in total. The van der Waals surface area contributed by atoms with E-state index >= 15 is 0 Å². The predicted molar refractivity (Wildman–Crippen MR) is 110 cm³/mol. The Morgan fingerprint density at radius 2 is 2.11 bits per heavy atom. The number of pyridine rings is 1. The molecule has 1 saturated heterocycles. The van der Waals surface area contributed by atoms with Crippen LogP contribution in [0.25, 0.3) is 4.96 Å². The number of amides is 1. The number of imidazole rings is 1. The SMILES string of the molecule is Cc1cn2cc(CNC(=O)c3ccc(CN4CCC(C)CC4)[nH]c3=O)nc2s1. The van der Waals surface area contributed by atoms with Crippen LogP contribution in [0, 0.1) is 12.8 Å². The Kier molecular flexibility index (Phi) is 5.32. The van der Waals surface area contributed by atoms with Crippen LogP contribution in [0.15, 0.2) is 29.3 Å². The molecule has 8 heteroatoms. The summed E-state index contributed by atoms with van der Waals surface area (Å²) in [6.45, 7) is 7.41. The van der Waals surface area contributed by atoms with Gasteiger partial charge in [0.2, 0.25) is 0 Å². The highest BCUT2D eigenvalue weighted by atomic mass is 32.1. The van der Waals surface area contributed by atoms with Crippen LogP contribution in [0.3, 0.4) is 0 Å². The molecule has 4 heterocycles. The molecule has 0 radical (unpaired) electrons. The summed E-state index contributed by atoms with van der Waals surface area (Å²) in [5.74, 6) is 0.392. The Hall–Kier alpha value is -2.45. The quantitative estimate of drug-likeness (QED) is 0.691. The van der Waals surface area contributed by atoms with Crippen LogP contribution >= 0.6 is 11.3 Å². The van der Waals surface area contributed by atoms with E-state index in [1.54, 1.807) is 17.4 Å². The molecule has 1 fully saturated rings. The molecule has 1 aliphatic heterocycles. The van der Waals surface area contributed by atoms with Gasteiger partial charge in [0.05, 0.1) is 12.2 Å². The average Bonchev–Trinajstić information content (AvgIpc) is 3.18. The molecule has 0 saturated carbocycles. The number of H-pyrrole nitrogens is 1. The van der Waals surface area contributed by atoms with Crippen molar-refractivity contribution in [3.05, 3.63) is 56.7 Å². The van der Waals surface area contributed by atoms with Gasteiger partial charge in [-0.1, -0.05) is 6.92 Å². The molecule has 0 atom stereocenters. The van der Waals surface area contributed by atoms with E-state index in [0.717, 1.165) is 35.4 Å². The largest absolute Gasteiger partial charge is 0.346 e. The van der Waals surface area contributed by atoms with Crippen LogP contribution in [-0.2, 0) is 13.1 Å². The van der Waals surface area contributed by atoms with E-state index < -0.39 is 0 Å². The van der Waals surface area contributed by atoms with Gasteiger partial charge in [0.15, 0.2) is 4.96 Å². The molecule has 1 amide bonds. The molecule has 0 unspecified atom stereocenters. The number of likely N-dealkylation sites (tertiary alicyclic amines) is 1. The van der Waals surface area contributed by atoms with Crippen LogP contribution in [0.5, 0.6) is 0 Å². The number of hydrogen-bond acceptors (Lipinski definition) is 5. The van der Waals surface area contributed by atoms with Crippen LogP contribution in [0.2, 0.25) is 0 Å². The molecular weight excluding hydrogens is 374 g/mol. The van der Waals surface area contributed by atoms with Gasteiger partial charge >= 0.3 is 0 Å². The first-order chi connectivity index (χ1) is 13.5. The summed E-state index contributed by atoms with van der Waals surface area (Å²) in [7, 11) is 0. The minimum atomic E-state index is -0.382. The summed E-state index contributed by atoms with van der Waals surface area (Å²) in [6, 6.07) is 3.45. The highest BCUT2D eigenvalue weighted by Gasteiger charge is 2.17. The van der Waals surface area contributed by atoms with Crippen molar-refractivity contribution in [3.8, 4) is 0 Å². The summed E-state index contributed by atoms with van der Waals surface area (Å²) in [5.41, 5.74) is 1.41. The fraction of sp³-hybridized carbons (Fsp3) is 0.450. The van der Waals surface area contributed by atoms with Crippen molar-refractivity contribution in [3.63, 3.8) is 0 Å². The lowest BCUT2D eigenvalue weighted by Crippen LogP contribution is -2.34. The molecule has 0 spiro atoms. The van der Waals surface area contributed by atoms with Gasteiger partial charge in [-0.2, -0.15) is 0 Å². The smallest absolute Gasteiger partial charge is 0.261 e. The molecule has 0 aliphatic carbocycles. The highest BCUT2D eigenvalue weighted by molar-refractivity contribution is 7.16. The minimum Gasteiger partial charge on any atom is -0.346 e. The van der Waals surface area contributed by atoms with E-state index in [4.69, 9.17) is 0 Å². The maximum absolute atomic E-state index is 12.4. The van der Waals surface area contributed by atoms with Crippen molar-refractivity contribution >= 4 is 22.2 Å². The highest BCUT2D eigenvalue weighted by Crippen LogP contribution is 2.18. The third kappa shape index (κ3) is 4.18. The van der Waals surface area contributed by atoms with Crippen molar-refractivity contribution in [2.45, 2.75) is 39.8 Å². The lowest BCUT2D eigenvalue weighted by molar-refractivity contribution is 0.0949. The van der Waals surface area contributed by atoms with Crippen molar-refractivity contribution < 1.29 is 4.79 Å². The second kappa shape index (κ2) is 7.89. The van der Waals surface area contributed by atoms with E-state index in [1.165, 1.54) is 17.7 Å². The first-order valence-corrected chi connectivity index (χ1v) is 10.5. The fourth-order valence-corrected chi connectivity index (χ4v) is 4.39. The van der Waals surface area contributed by atoms with Crippen molar-refractivity contribution in [2.24, 2.45) is 5.92 Å². The number of rotatable bonds is 5. The number of nitrogens with zero attached hydrogens (tertiary/aromatic N) is 3. The zero-order valence-electron chi connectivity index (χ0n) is 16.2. The molecule has 28 heavy (non-hydrogen) atoms. The third-order valence-electron chi connectivity index (χ3n) is 5.24. The number of aromatic nitrogens is 3. The summed E-state index contributed by atoms with van der Waals surface area (Å²) in [5, 5.41) is 2.79. The maximum Gasteiger partial charge on any atom is 0.261 e. The number of thiazole rings is 1. The molecule has 1 aliphatic rings. The van der Waals surface area contributed by atoms with Crippen LogP contribution < -0.4 is 10.9 Å². The Bertz CT molecular complexity index is 1010. The van der Waals surface area contributed by atoms with E-state index in [0.29, 0.717) is 13.1 Å². The van der Waals surface area contributed by atoms with Gasteiger partial charge in [0.1, 0.15) is 5.56 Å². The van der Waals surface area contributed by atoms with Crippen molar-refractivity contribution in [1.29, 1.82) is 0 Å². The van der Waals surface area contributed by atoms with Crippen LogP contribution in [-0.4, -0.2) is 38.3 Å². The number of carbonyl (C=O) groups excluding carboxylic acids is 1. The summed E-state index contributed by atoms with van der Waals surface area (Å²) in [6.07, 6.45) is 6.28. The maximum atomic E-state index is 12.4. The van der Waals surface area contributed by atoms with Crippen LogP contribution in [0.1, 0.15) is 46.4 Å². The predicted octanol–water partition coefficient (Wildman–Crippen LogP) is 2.55. The second-order valence-electron chi connectivity index (χ2n) is 7.63. The number of aryl methyl sites for hydroxylation is 1. The monoisotopic (exact) mass is 399 g/mol. The summed E-state index contributed by atoms with van der Waals surface area (Å²) in [4.78, 5) is 36.6. The number of piperidine rings is 1. The van der Waals surface area contributed by atoms with Gasteiger partial charge in [0, 0.05) is 29.5 Å². The Morgan fingerprint density at radius 3 is 2.82 bits per heavy atom. The molecule has 2 N–H and O–H groups in total. The number of aromatic amines is 1. The van der Waals surface area contributed by atoms with E-state index in [9.17, 15) is 9.59 Å². The minimum absolute atomic E-state index is 0.132. The Labute approximate surface area is 167 Å². The van der Waals surface area contributed by atoms with Gasteiger partial charge in [-0.25, -0.2) is 4.98 Å². The third-order valence-corrected chi connectivity index (χ3v) is 6.15. The van der Waals surface area contributed by atoms with Gasteiger partial charge < -0.3 is 10.3 Å². The Balaban J connectivity index is 1.37. The summed E-state index contributed by atoms with van der Waals surface area (Å²) >= 11 is 1.60. The van der Waals surface area contributed by atoms with Crippen molar-refractivity contribution in [1.82, 2.24) is 24.6 Å². The first kappa shape index (κ1) is 18.9. The normalized spacial score (nSPS) is 15.9. The fourth-order valence-electron chi connectivity index (χ4n) is 3.56.